The largest absolute Gasteiger partial charge is 0.508 e. The molecule has 23 heavy (non-hydrogen) atoms. The molecule has 0 fully saturated rings. The number of nitrogens with zero attached hydrogens (tertiary/aromatic N) is 1. The highest BCUT2D eigenvalue weighted by Crippen LogP contribution is 2.21. The lowest BCUT2D eigenvalue weighted by Crippen LogP contribution is -2.21. The monoisotopic (exact) mass is 334 g/mol. The Hall–Kier alpha value is -2.54. The maximum Gasteiger partial charge on any atom is 0.276 e. The van der Waals surface area contributed by atoms with Crippen molar-refractivity contribution >= 4 is 15.7 Å². The number of phenolic OH excluding ortho intramolecular Hbond substituents is 2. The number of rotatable bonds is 4. The first kappa shape index (κ1) is 16.8. The van der Waals surface area contributed by atoms with Crippen molar-refractivity contribution in [1.82, 2.24) is 4.83 Å². The van der Waals surface area contributed by atoms with Crippen molar-refractivity contribution in [2.24, 2.45) is 5.10 Å². The summed E-state index contributed by atoms with van der Waals surface area (Å²) in [7, 11) is -3.80. The van der Waals surface area contributed by atoms with Crippen LogP contribution < -0.4 is 4.83 Å². The SMILES string of the molecule is C/C(=N/NS(=O)(=O)c1cc(C)ccc1C)c1cc(O)cc(O)c1. The number of aryl methyl sites for hydroxylation is 2. The molecule has 0 heterocycles. The van der Waals surface area contributed by atoms with Gasteiger partial charge in [0.05, 0.1) is 10.6 Å². The van der Waals surface area contributed by atoms with Crippen LogP contribution in [0.25, 0.3) is 0 Å². The maximum atomic E-state index is 12.4. The van der Waals surface area contributed by atoms with E-state index in [2.05, 4.69) is 9.93 Å². The lowest BCUT2D eigenvalue weighted by atomic mass is 10.1. The molecule has 6 nitrogen and oxygen atoms in total. The highest BCUT2D eigenvalue weighted by atomic mass is 32.2. The van der Waals surface area contributed by atoms with Crippen LogP contribution in [0.5, 0.6) is 11.5 Å². The Morgan fingerprint density at radius 3 is 2.26 bits per heavy atom. The third kappa shape index (κ3) is 4.01. The summed E-state index contributed by atoms with van der Waals surface area (Å²) in [5.74, 6) is -0.265. The number of hydrogen-bond acceptors (Lipinski definition) is 5. The topological polar surface area (TPSA) is 99.0 Å². The molecule has 2 rings (SSSR count). The zero-order valence-electron chi connectivity index (χ0n) is 13.0. The van der Waals surface area contributed by atoms with Crippen LogP contribution in [0.3, 0.4) is 0 Å². The maximum absolute atomic E-state index is 12.4. The van der Waals surface area contributed by atoms with Gasteiger partial charge in [0.2, 0.25) is 0 Å². The van der Waals surface area contributed by atoms with Gasteiger partial charge in [-0.25, -0.2) is 0 Å². The third-order valence-corrected chi connectivity index (χ3v) is 4.64. The second kappa shape index (κ2) is 6.29. The van der Waals surface area contributed by atoms with Crippen LogP contribution in [0.2, 0.25) is 0 Å². The minimum atomic E-state index is -3.80. The Bertz CT molecular complexity index is 853. The Morgan fingerprint density at radius 1 is 1.04 bits per heavy atom. The van der Waals surface area contributed by atoms with Crippen LogP contribution in [0.1, 0.15) is 23.6 Å². The van der Waals surface area contributed by atoms with E-state index in [-0.39, 0.29) is 16.4 Å². The standard InChI is InChI=1S/C16H18N2O4S/c1-10-4-5-11(2)16(6-10)23(21,22)18-17-12(3)13-7-14(19)9-15(20)8-13/h4-9,18-20H,1-3H3/b17-12-. The molecule has 0 unspecified atom stereocenters. The first-order valence-electron chi connectivity index (χ1n) is 6.86. The average Bonchev–Trinajstić information content (AvgIpc) is 2.46. The van der Waals surface area contributed by atoms with Gasteiger partial charge in [0.15, 0.2) is 0 Å². The van der Waals surface area contributed by atoms with Crippen LogP contribution in [0.4, 0.5) is 0 Å². The van der Waals surface area contributed by atoms with Gasteiger partial charge in [-0.05, 0) is 50.1 Å². The van der Waals surface area contributed by atoms with Crippen molar-refractivity contribution in [3.8, 4) is 11.5 Å². The van der Waals surface area contributed by atoms with Crippen molar-refractivity contribution in [3.05, 3.63) is 53.1 Å². The molecule has 0 amide bonds. The molecule has 2 aromatic rings. The highest BCUT2D eigenvalue weighted by molar-refractivity contribution is 7.89. The van der Waals surface area contributed by atoms with Gasteiger partial charge in [0, 0.05) is 11.6 Å². The molecule has 0 atom stereocenters. The van der Waals surface area contributed by atoms with Crippen molar-refractivity contribution < 1.29 is 18.6 Å². The molecule has 0 radical (unpaired) electrons. The van der Waals surface area contributed by atoms with Gasteiger partial charge in [-0.1, -0.05) is 12.1 Å². The number of nitrogens with one attached hydrogen (secondary N) is 1. The van der Waals surface area contributed by atoms with E-state index in [1.165, 1.54) is 18.2 Å². The molecular weight excluding hydrogens is 316 g/mol. The molecule has 0 bridgehead atoms. The summed E-state index contributed by atoms with van der Waals surface area (Å²) in [5.41, 5.74) is 2.16. The van der Waals surface area contributed by atoms with E-state index in [0.717, 1.165) is 5.56 Å². The molecule has 0 saturated carbocycles. The Balaban J connectivity index is 2.32. The zero-order chi connectivity index (χ0) is 17.2. The lowest BCUT2D eigenvalue weighted by Gasteiger charge is -2.09. The van der Waals surface area contributed by atoms with Gasteiger partial charge in [-0.15, -0.1) is 0 Å². The fourth-order valence-corrected chi connectivity index (χ4v) is 3.23. The average molecular weight is 334 g/mol. The van der Waals surface area contributed by atoms with Crippen molar-refractivity contribution in [3.63, 3.8) is 0 Å². The van der Waals surface area contributed by atoms with Crippen molar-refractivity contribution in [1.29, 1.82) is 0 Å². The fraction of sp³-hybridized carbons (Fsp3) is 0.188. The summed E-state index contributed by atoms with van der Waals surface area (Å²) < 4.78 is 24.7. The van der Waals surface area contributed by atoms with Gasteiger partial charge in [-0.2, -0.15) is 18.4 Å². The number of hydrogen-bond donors (Lipinski definition) is 3. The van der Waals surface area contributed by atoms with Crippen LogP contribution in [0, 0.1) is 13.8 Å². The Morgan fingerprint density at radius 2 is 1.65 bits per heavy atom. The predicted molar refractivity (Wildman–Crippen MR) is 88.2 cm³/mol. The van der Waals surface area contributed by atoms with Crippen LogP contribution in [-0.2, 0) is 10.0 Å². The number of hydrazone groups is 1. The van der Waals surface area contributed by atoms with Crippen molar-refractivity contribution in [2.75, 3.05) is 0 Å². The van der Waals surface area contributed by atoms with E-state index in [1.54, 1.807) is 26.0 Å². The van der Waals surface area contributed by atoms with Crippen LogP contribution in [-0.4, -0.2) is 24.3 Å². The van der Waals surface area contributed by atoms with E-state index in [4.69, 9.17) is 0 Å². The van der Waals surface area contributed by atoms with Gasteiger partial charge in [-0.3, -0.25) is 0 Å². The first-order valence-corrected chi connectivity index (χ1v) is 8.34. The molecule has 7 heteroatoms. The Labute approximate surface area is 135 Å². The molecule has 0 saturated heterocycles. The predicted octanol–water partition coefficient (Wildman–Crippen LogP) is 2.42. The zero-order valence-corrected chi connectivity index (χ0v) is 13.8. The van der Waals surface area contributed by atoms with Gasteiger partial charge < -0.3 is 10.2 Å². The number of aromatic hydroxyl groups is 2. The molecule has 122 valence electrons. The first-order chi connectivity index (χ1) is 10.7. The quantitative estimate of drug-likeness (QED) is 0.590. The summed E-state index contributed by atoms with van der Waals surface area (Å²) in [6.45, 7) is 5.08. The van der Waals surface area contributed by atoms with E-state index in [1.807, 2.05) is 13.0 Å². The van der Waals surface area contributed by atoms with Crippen molar-refractivity contribution in [2.45, 2.75) is 25.7 Å². The molecule has 0 spiro atoms. The van der Waals surface area contributed by atoms with E-state index in [0.29, 0.717) is 16.8 Å². The van der Waals surface area contributed by atoms with Gasteiger partial charge >= 0.3 is 0 Å². The molecule has 0 aliphatic rings. The Kier molecular flexibility index (Phi) is 4.60. The molecule has 0 aromatic heterocycles. The molecule has 2 aromatic carbocycles. The fourth-order valence-electron chi connectivity index (χ4n) is 2.04. The summed E-state index contributed by atoms with van der Waals surface area (Å²) in [4.78, 5) is 2.34. The van der Waals surface area contributed by atoms with Crippen LogP contribution in [0.15, 0.2) is 46.4 Å². The summed E-state index contributed by atoms with van der Waals surface area (Å²) in [5, 5.41) is 22.8. The second-order valence-corrected chi connectivity index (χ2v) is 6.93. The molecule has 0 aliphatic heterocycles. The van der Waals surface area contributed by atoms with E-state index < -0.39 is 10.0 Å². The molecule has 0 aliphatic carbocycles. The normalized spacial score (nSPS) is 12.2. The summed E-state index contributed by atoms with van der Waals surface area (Å²) in [6, 6.07) is 9.07. The number of phenols is 2. The van der Waals surface area contributed by atoms with Gasteiger partial charge in [0.1, 0.15) is 11.5 Å². The smallest absolute Gasteiger partial charge is 0.276 e. The van der Waals surface area contributed by atoms with E-state index in [9.17, 15) is 18.6 Å². The van der Waals surface area contributed by atoms with Crippen LogP contribution >= 0.6 is 0 Å². The third-order valence-electron chi connectivity index (χ3n) is 3.29. The minimum absolute atomic E-state index is 0.132. The minimum Gasteiger partial charge on any atom is -0.508 e. The number of sulfonamides is 1. The van der Waals surface area contributed by atoms with Gasteiger partial charge in [0.25, 0.3) is 10.0 Å². The lowest BCUT2D eigenvalue weighted by molar-refractivity contribution is 0.450. The summed E-state index contributed by atoms with van der Waals surface area (Å²) in [6.07, 6.45) is 0. The number of benzene rings is 2. The second-order valence-electron chi connectivity index (χ2n) is 5.30. The molecular formula is C16H18N2O4S. The molecule has 3 N–H and O–H groups in total. The van der Waals surface area contributed by atoms with E-state index >= 15 is 0 Å². The highest BCUT2D eigenvalue weighted by Gasteiger charge is 2.16. The summed E-state index contributed by atoms with van der Waals surface area (Å²) >= 11 is 0.